The van der Waals surface area contributed by atoms with E-state index < -0.39 is 0 Å². The van der Waals surface area contributed by atoms with Crippen LogP contribution in [0.3, 0.4) is 0 Å². The zero-order chi connectivity index (χ0) is 13.5. The summed E-state index contributed by atoms with van der Waals surface area (Å²) in [5, 5.41) is 3.50. The summed E-state index contributed by atoms with van der Waals surface area (Å²) in [7, 11) is 2.10. The number of rotatable bonds is 4. The first-order valence-corrected chi connectivity index (χ1v) is 8.56. The van der Waals surface area contributed by atoms with E-state index in [0.717, 1.165) is 5.92 Å². The highest BCUT2D eigenvalue weighted by Crippen LogP contribution is 2.44. The average Bonchev–Trinajstić information content (AvgIpc) is 3.01. The van der Waals surface area contributed by atoms with Gasteiger partial charge in [-0.15, -0.1) is 11.3 Å². The third-order valence-corrected chi connectivity index (χ3v) is 5.94. The molecule has 1 heterocycles. The van der Waals surface area contributed by atoms with Crippen molar-refractivity contribution in [3.8, 4) is 10.4 Å². The van der Waals surface area contributed by atoms with Crippen molar-refractivity contribution in [1.82, 2.24) is 5.32 Å². The van der Waals surface area contributed by atoms with Gasteiger partial charge in [-0.05, 0) is 73.9 Å². The summed E-state index contributed by atoms with van der Waals surface area (Å²) >= 11 is 1.97. The largest absolute Gasteiger partial charge is 0.312 e. The molecule has 1 aromatic heterocycles. The standard InChI is InChI=1S/C18H21NS/c1-19-18(13-6-7-13)17-10-9-16(20-17)15-8-5-12-3-2-4-14(12)11-15/h5,8-11,13,18-19H,2-4,6-7H2,1H3. The van der Waals surface area contributed by atoms with Gasteiger partial charge in [0, 0.05) is 15.8 Å². The van der Waals surface area contributed by atoms with Gasteiger partial charge in [0.2, 0.25) is 0 Å². The summed E-state index contributed by atoms with van der Waals surface area (Å²) < 4.78 is 0. The number of thiophene rings is 1. The quantitative estimate of drug-likeness (QED) is 0.866. The van der Waals surface area contributed by atoms with Crippen LogP contribution in [0.15, 0.2) is 30.3 Å². The topological polar surface area (TPSA) is 12.0 Å². The van der Waals surface area contributed by atoms with Gasteiger partial charge in [0.25, 0.3) is 0 Å². The van der Waals surface area contributed by atoms with Crippen LogP contribution in [0, 0.1) is 5.92 Å². The van der Waals surface area contributed by atoms with Crippen LogP contribution in [0.1, 0.15) is 41.3 Å². The number of hydrogen-bond donors (Lipinski definition) is 1. The fourth-order valence-corrected chi connectivity index (χ4v) is 4.65. The Morgan fingerprint density at radius 3 is 2.75 bits per heavy atom. The minimum Gasteiger partial charge on any atom is -0.312 e. The SMILES string of the molecule is CNC(c1ccc(-c2ccc3c(c2)CCC3)s1)C1CC1. The Morgan fingerprint density at radius 1 is 1.10 bits per heavy atom. The Morgan fingerprint density at radius 2 is 1.95 bits per heavy atom. The molecule has 2 aliphatic rings. The second kappa shape index (κ2) is 5.01. The number of nitrogens with one attached hydrogen (secondary N) is 1. The monoisotopic (exact) mass is 283 g/mol. The summed E-state index contributed by atoms with van der Waals surface area (Å²) in [6, 6.07) is 12.3. The van der Waals surface area contributed by atoms with E-state index >= 15 is 0 Å². The van der Waals surface area contributed by atoms with Crippen molar-refractivity contribution in [3.05, 3.63) is 46.3 Å². The van der Waals surface area contributed by atoms with Crippen LogP contribution >= 0.6 is 11.3 Å². The molecule has 0 bridgehead atoms. The third-order valence-electron chi connectivity index (χ3n) is 4.72. The summed E-state index contributed by atoms with van der Waals surface area (Å²) in [6.07, 6.45) is 6.64. The summed E-state index contributed by atoms with van der Waals surface area (Å²) in [5.41, 5.74) is 4.55. The van der Waals surface area contributed by atoms with E-state index in [-0.39, 0.29) is 0 Å². The van der Waals surface area contributed by atoms with Gasteiger partial charge in [-0.3, -0.25) is 0 Å². The molecule has 1 unspecified atom stereocenters. The lowest BCUT2D eigenvalue weighted by Gasteiger charge is -2.12. The Bertz CT molecular complexity index is 624. The van der Waals surface area contributed by atoms with Crippen molar-refractivity contribution < 1.29 is 0 Å². The molecule has 0 radical (unpaired) electrons. The first-order valence-electron chi connectivity index (χ1n) is 7.74. The van der Waals surface area contributed by atoms with Crippen molar-refractivity contribution in [3.63, 3.8) is 0 Å². The second-order valence-electron chi connectivity index (χ2n) is 6.14. The van der Waals surface area contributed by atoms with Gasteiger partial charge in [-0.1, -0.05) is 18.2 Å². The first kappa shape index (κ1) is 12.6. The number of aryl methyl sites for hydroxylation is 2. The fraction of sp³-hybridized carbons (Fsp3) is 0.444. The minimum absolute atomic E-state index is 0.572. The molecule has 104 valence electrons. The molecule has 2 aromatic rings. The predicted molar refractivity (Wildman–Crippen MR) is 86.3 cm³/mol. The Kier molecular flexibility index (Phi) is 3.16. The van der Waals surface area contributed by atoms with Crippen LogP contribution in [0.5, 0.6) is 0 Å². The van der Waals surface area contributed by atoms with Gasteiger partial charge in [-0.2, -0.15) is 0 Å². The van der Waals surface area contributed by atoms with Gasteiger partial charge < -0.3 is 5.32 Å². The van der Waals surface area contributed by atoms with E-state index in [9.17, 15) is 0 Å². The molecule has 4 rings (SSSR count). The smallest absolute Gasteiger partial charge is 0.0441 e. The highest BCUT2D eigenvalue weighted by Gasteiger charge is 2.32. The molecule has 0 aliphatic heterocycles. The van der Waals surface area contributed by atoms with E-state index in [1.165, 1.54) is 47.4 Å². The minimum atomic E-state index is 0.572. The second-order valence-corrected chi connectivity index (χ2v) is 7.26. The molecule has 1 N–H and O–H groups in total. The molecule has 1 atom stereocenters. The van der Waals surface area contributed by atoms with Gasteiger partial charge >= 0.3 is 0 Å². The van der Waals surface area contributed by atoms with Gasteiger partial charge in [0.05, 0.1) is 0 Å². The van der Waals surface area contributed by atoms with Crippen molar-refractivity contribution in [2.75, 3.05) is 7.05 Å². The Labute approximate surface area is 125 Å². The maximum Gasteiger partial charge on any atom is 0.0441 e. The lowest BCUT2D eigenvalue weighted by Crippen LogP contribution is -2.16. The third kappa shape index (κ3) is 2.21. The van der Waals surface area contributed by atoms with Gasteiger partial charge in [0.15, 0.2) is 0 Å². The molecule has 1 nitrogen and oxygen atoms in total. The van der Waals surface area contributed by atoms with E-state index in [4.69, 9.17) is 0 Å². The Hall–Kier alpha value is -1.12. The molecular weight excluding hydrogens is 262 g/mol. The van der Waals surface area contributed by atoms with E-state index in [2.05, 4.69) is 42.7 Å². The molecule has 1 saturated carbocycles. The molecular formula is C18H21NS. The van der Waals surface area contributed by atoms with Gasteiger partial charge in [-0.25, -0.2) is 0 Å². The van der Waals surface area contributed by atoms with Crippen molar-refractivity contribution >= 4 is 11.3 Å². The summed E-state index contributed by atoms with van der Waals surface area (Å²) in [5.74, 6) is 0.867. The summed E-state index contributed by atoms with van der Waals surface area (Å²) in [4.78, 5) is 2.93. The molecule has 2 heteroatoms. The van der Waals surface area contributed by atoms with Crippen LogP contribution in [0.25, 0.3) is 10.4 Å². The number of benzene rings is 1. The van der Waals surface area contributed by atoms with Crippen molar-refractivity contribution in [1.29, 1.82) is 0 Å². The zero-order valence-electron chi connectivity index (χ0n) is 12.0. The molecule has 0 amide bonds. The lowest BCUT2D eigenvalue weighted by atomic mass is 10.1. The number of hydrogen-bond acceptors (Lipinski definition) is 2. The zero-order valence-corrected chi connectivity index (χ0v) is 12.8. The highest BCUT2D eigenvalue weighted by molar-refractivity contribution is 7.15. The predicted octanol–water partition coefficient (Wildman–Crippen LogP) is 4.57. The lowest BCUT2D eigenvalue weighted by molar-refractivity contribution is 0.537. The highest BCUT2D eigenvalue weighted by atomic mass is 32.1. The maximum absolute atomic E-state index is 3.50. The number of fused-ring (bicyclic) bond motifs is 1. The van der Waals surface area contributed by atoms with Crippen LogP contribution in [-0.2, 0) is 12.8 Å². The molecule has 1 aromatic carbocycles. The van der Waals surface area contributed by atoms with Crippen LogP contribution in [0.4, 0.5) is 0 Å². The molecule has 1 fully saturated rings. The van der Waals surface area contributed by atoms with E-state index in [0.29, 0.717) is 6.04 Å². The van der Waals surface area contributed by atoms with Crippen molar-refractivity contribution in [2.45, 2.75) is 38.1 Å². The molecule has 0 spiro atoms. The van der Waals surface area contributed by atoms with Gasteiger partial charge in [0.1, 0.15) is 0 Å². The molecule has 20 heavy (non-hydrogen) atoms. The fourth-order valence-electron chi connectivity index (χ4n) is 3.44. The molecule has 2 aliphatic carbocycles. The van der Waals surface area contributed by atoms with E-state index in [1.807, 2.05) is 11.3 Å². The van der Waals surface area contributed by atoms with Crippen LogP contribution in [-0.4, -0.2) is 7.05 Å². The molecule has 0 saturated heterocycles. The average molecular weight is 283 g/mol. The first-order chi connectivity index (χ1) is 9.85. The maximum atomic E-state index is 3.50. The van der Waals surface area contributed by atoms with E-state index in [1.54, 1.807) is 11.1 Å². The van der Waals surface area contributed by atoms with Crippen LogP contribution in [0.2, 0.25) is 0 Å². The summed E-state index contributed by atoms with van der Waals surface area (Å²) in [6.45, 7) is 0. The normalized spacial score (nSPS) is 19.1. The Balaban J connectivity index is 1.64. The van der Waals surface area contributed by atoms with Crippen molar-refractivity contribution in [2.24, 2.45) is 5.92 Å². The van der Waals surface area contributed by atoms with Crippen LogP contribution < -0.4 is 5.32 Å².